The summed E-state index contributed by atoms with van der Waals surface area (Å²) in [4.78, 5) is 4.29. The van der Waals surface area contributed by atoms with Crippen LogP contribution >= 0.6 is 15.9 Å². The molecule has 0 aliphatic heterocycles. The monoisotopic (exact) mass is 433 g/mol. The van der Waals surface area contributed by atoms with E-state index in [2.05, 4.69) is 25.6 Å². The van der Waals surface area contributed by atoms with Crippen LogP contribution in [0.3, 0.4) is 0 Å². The summed E-state index contributed by atoms with van der Waals surface area (Å²) in [6.07, 6.45) is 1.60. The second-order valence-electron chi connectivity index (χ2n) is 5.46. The Hall–Kier alpha value is -2.58. The van der Waals surface area contributed by atoms with Crippen LogP contribution in [0.2, 0.25) is 0 Å². The second-order valence-corrected chi connectivity index (χ2v) is 8.05. The van der Waals surface area contributed by atoms with Crippen molar-refractivity contribution in [3.8, 4) is 16.9 Å². The Bertz CT molecular complexity index is 1040. The summed E-state index contributed by atoms with van der Waals surface area (Å²) in [5.74, 6) is 0.825. The van der Waals surface area contributed by atoms with Crippen molar-refractivity contribution in [2.75, 3.05) is 17.6 Å². The summed E-state index contributed by atoms with van der Waals surface area (Å²) in [6.45, 7) is 0. The Morgan fingerprint density at radius 2 is 1.85 bits per heavy atom. The Balaban J connectivity index is 2.05. The van der Waals surface area contributed by atoms with E-state index >= 15 is 0 Å². The lowest BCUT2D eigenvalue weighted by Gasteiger charge is -2.13. The van der Waals surface area contributed by atoms with Crippen LogP contribution in [0.1, 0.15) is 0 Å². The maximum Gasteiger partial charge on any atom is 0.261 e. The summed E-state index contributed by atoms with van der Waals surface area (Å²) in [5.41, 5.74) is 7.68. The number of anilines is 2. The van der Waals surface area contributed by atoms with Crippen LogP contribution < -0.4 is 15.2 Å². The standard InChI is InChI=1S/C18H16BrN3O3S/c1-25-15-8-12(17-9-13(19)11-21-18(17)20)7-14(10-15)22-26(23,24)16-5-3-2-4-6-16/h2-11,22H,1H3,(H2,20,21). The third kappa shape index (κ3) is 3.97. The molecule has 1 heterocycles. The van der Waals surface area contributed by atoms with E-state index in [0.29, 0.717) is 28.4 Å². The third-order valence-electron chi connectivity index (χ3n) is 3.64. The number of ether oxygens (including phenoxy) is 1. The molecular weight excluding hydrogens is 418 g/mol. The maximum atomic E-state index is 12.6. The van der Waals surface area contributed by atoms with E-state index in [1.807, 2.05) is 6.07 Å². The van der Waals surface area contributed by atoms with Crippen molar-refractivity contribution >= 4 is 37.5 Å². The lowest BCUT2D eigenvalue weighted by Crippen LogP contribution is -2.13. The highest BCUT2D eigenvalue weighted by Gasteiger charge is 2.15. The van der Waals surface area contributed by atoms with Gasteiger partial charge in [0.25, 0.3) is 10.0 Å². The SMILES string of the molecule is COc1cc(NS(=O)(=O)c2ccccc2)cc(-c2cc(Br)cnc2N)c1. The molecule has 0 aliphatic rings. The molecule has 0 radical (unpaired) electrons. The normalized spacial score (nSPS) is 11.2. The van der Waals surface area contributed by atoms with Crippen molar-refractivity contribution in [2.24, 2.45) is 0 Å². The number of benzene rings is 2. The number of nitrogen functional groups attached to an aromatic ring is 1. The number of sulfonamides is 1. The fourth-order valence-electron chi connectivity index (χ4n) is 2.43. The van der Waals surface area contributed by atoms with Crippen molar-refractivity contribution in [1.82, 2.24) is 4.98 Å². The number of rotatable bonds is 5. The van der Waals surface area contributed by atoms with Gasteiger partial charge in [-0.05, 0) is 51.8 Å². The van der Waals surface area contributed by atoms with Gasteiger partial charge in [0.15, 0.2) is 0 Å². The average molecular weight is 434 g/mol. The number of nitrogens with zero attached hydrogens (tertiary/aromatic N) is 1. The van der Waals surface area contributed by atoms with Crippen LogP contribution in [0.5, 0.6) is 5.75 Å². The minimum Gasteiger partial charge on any atom is -0.497 e. The van der Waals surface area contributed by atoms with Gasteiger partial charge in [-0.15, -0.1) is 0 Å². The predicted octanol–water partition coefficient (Wildman–Crippen LogP) is 3.90. The van der Waals surface area contributed by atoms with Gasteiger partial charge in [0.1, 0.15) is 11.6 Å². The lowest BCUT2D eigenvalue weighted by atomic mass is 10.1. The molecule has 1 aromatic heterocycles. The quantitative estimate of drug-likeness (QED) is 0.635. The van der Waals surface area contributed by atoms with Gasteiger partial charge in [0, 0.05) is 22.3 Å². The van der Waals surface area contributed by atoms with Gasteiger partial charge in [-0.2, -0.15) is 0 Å². The number of hydrogen-bond acceptors (Lipinski definition) is 5. The van der Waals surface area contributed by atoms with Gasteiger partial charge in [0.05, 0.1) is 17.7 Å². The number of methoxy groups -OCH3 is 1. The number of aromatic nitrogens is 1. The first-order valence-electron chi connectivity index (χ1n) is 7.57. The first-order valence-corrected chi connectivity index (χ1v) is 9.85. The van der Waals surface area contributed by atoms with E-state index < -0.39 is 10.0 Å². The van der Waals surface area contributed by atoms with Crippen LogP contribution in [0, 0.1) is 0 Å². The number of hydrogen-bond donors (Lipinski definition) is 2. The smallest absolute Gasteiger partial charge is 0.261 e. The molecule has 3 N–H and O–H groups in total. The molecule has 8 heteroatoms. The van der Waals surface area contributed by atoms with Crippen LogP contribution in [-0.4, -0.2) is 20.5 Å². The number of nitrogens with one attached hydrogen (secondary N) is 1. The molecule has 26 heavy (non-hydrogen) atoms. The molecule has 0 fully saturated rings. The molecule has 3 aromatic rings. The zero-order chi connectivity index (χ0) is 18.7. The summed E-state index contributed by atoms with van der Waals surface area (Å²) >= 11 is 3.37. The Kier molecular flexibility index (Phi) is 5.15. The first-order chi connectivity index (χ1) is 12.4. The van der Waals surface area contributed by atoms with E-state index in [9.17, 15) is 8.42 Å². The molecule has 0 atom stereocenters. The molecule has 0 saturated carbocycles. The van der Waals surface area contributed by atoms with Gasteiger partial charge in [-0.3, -0.25) is 4.72 Å². The van der Waals surface area contributed by atoms with Crippen molar-refractivity contribution < 1.29 is 13.2 Å². The molecular formula is C18H16BrN3O3S. The average Bonchev–Trinajstić information content (AvgIpc) is 2.63. The van der Waals surface area contributed by atoms with Gasteiger partial charge in [-0.25, -0.2) is 13.4 Å². The number of pyridine rings is 1. The van der Waals surface area contributed by atoms with Gasteiger partial charge >= 0.3 is 0 Å². The van der Waals surface area contributed by atoms with E-state index in [1.54, 1.807) is 42.6 Å². The fraction of sp³-hybridized carbons (Fsp3) is 0.0556. The van der Waals surface area contributed by atoms with Crippen molar-refractivity contribution in [3.05, 3.63) is 65.3 Å². The molecule has 6 nitrogen and oxygen atoms in total. The second kappa shape index (κ2) is 7.35. The molecule has 0 amide bonds. The van der Waals surface area contributed by atoms with Crippen LogP contribution in [-0.2, 0) is 10.0 Å². The highest BCUT2D eigenvalue weighted by atomic mass is 79.9. The first kappa shape index (κ1) is 18.2. The summed E-state index contributed by atoms with van der Waals surface area (Å²) in [7, 11) is -2.21. The molecule has 0 saturated heterocycles. The van der Waals surface area contributed by atoms with Gasteiger partial charge < -0.3 is 10.5 Å². The molecule has 0 bridgehead atoms. The van der Waals surface area contributed by atoms with Gasteiger partial charge in [0.2, 0.25) is 0 Å². The highest BCUT2D eigenvalue weighted by Crippen LogP contribution is 2.33. The van der Waals surface area contributed by atoms with Crippen molar-refractivity contribution in [1.29, 1.82) is 0 Å². The zero-order valence-corrected chi connectivity index (χ0v) is 16.2. The Morgan fingerprint density at radius 1 is 1.12 bits per heavy atom. The number of halogens is 1. The summed E-state index contributed by atoms with van der Waals surface area (Å²) in [6, 6.07) is 15.0. The van der Waals surface area contributed by atoms with Crippen LogP contribution in [0.25, 0.3) is 11.1 Å². The number of nitrogens with two attached hydrogens (primary N) is 1. The minimum absolute atomic E-state index is 0.174. The van der Waals surface area contributed by atoms with E-state index in [-0.39, 0.29) is 4.90 Å². The van der Waals surface area contributed by atoms with E-state index in [4.69, 9.17) is 10.5 Å². The van der Waals surface area contributed by atoms with Crippen LogP contribution in [0.15, 0.2) is 70.2 Å². The molecule has 0 spiro atoms. The molecule has 134 valence electrons. The largest absolute Gasteiger partial charge is 0.497 e. The predicted molar refractivity (Wildman–Crippen MR) is 106 cm³/mol. The highest BCUT2D eigenvalue weighted by molar-refractivity contribution is 9.10. The summed E-state index contributed by atoms with van der Waals surface area (Å²) in [5, 5.41) is 0. The van der Waals surface area contributed by atoms with E-state index in [1.165, 1.54) is 19.2 Å². The lowest BCUT2D eigenvalue weighted by molar-refractivity contribution is 0.415. The molecule has 0 unspecified atom stereocenters. The van der Waals surface area contributed by atoms with Gasteiger partial charge in [-0.1, -0.05) is 18.2 Å². The van der Waals surface area contributed by atoms with Crippen molar-refractivity contribution in [2.45, 2.75) is 4.90 Å². The van der Waals surface area contributed by atoms with Crippen molar-refractivity contribution in [3.63, 3.8) is 0 Å². The molecule has 2 aromatic carbocycles. The Labute approximate surface area is 160 Å². The topological polar surface area (TPSA) is 94.3 Å². The van der Waals surface area contributed by atoms with Crippen LogP contribution in [0.4, 0.5) is 11.5 Å². The fourth-order valence-corrected chi connectivity index (χ4v) is 3.82. The minimum atomic E-state index is -3.72. The molecule has 3 rings (SSSR count). The van der Waals surface area contributed by atoms with E-state index in [0.717, 1.165) is 4.47 Å². The Morgan fingerprint density at radius 3 is 2.54 bits per heavy atom. The summed E-state index contributed by atoms with van der Waals surface area (Å²) < 4.78 is 33.8. The third-order valence-corrected chi connectivity index (χ3v) is 5.47. The maximum absolute atomic E-state index is 12.6. The zero-order valence-electron chi connectivity index (χ0n) is 13.8. The molecule has 0 aliphatic carbocycles.